The molecule has 2 aliphatic rings. The molecule has 0 aromatic heterocycles. The predicted octanol–water partition coefficient (Wildman–Crippen LogP) is 4.24. The van der Waals surface area contributed by atoms with Crippen LogP contribution < -0.4 is 10.6 Å². The van der Waals surface area contributed by atoms with Crippen molar-refractivity contribution in [3.8, 4) is 0 Å². The van der Waals surface area contributed by atoms with Crippen molar-refractivity contribution < 1.29 is 42.6 Å². The molecular weight excluding hydrogens is 673 g/mol. The van der Waals surface area contributed by atoms with Gasteiger partial charge in [0.2, 0.25) is 17.7 Å². The van der Waals surface area contributed by atoms with Crippen LogP contribution in [0, 0.1) is 11.2 Å². The second-order valence-electron chi connectivity index (χ2n) is 15.4. The predicted molar refractivity (Wildman–Crippen MR) is 190 cm³/mol. The van der Waals surface area contributed by atoms with Gasteiger partial charge in [0.1, 0.15) is 36.7 Å². The zero-order chi connectivity index (χ0) is 38.4. The molecule has 5 atom stereocenters. The van der Waals surface area contributed by atoms with Crippen LogP contribution in [-0.2, 0) is 41.8 Å². The Bertz CT molecular complexity index is 1580. The summed E-state index contributed by atoms with van der Waals surface area (Å²) in [5.41, 5.74) is 0.0305. The number of carbonyl (C=O) groups excluding carboxylic acids is 5. The molecule has 0 radical (unpaired) electrons. The maximum absolute atomic E-state index is 14.5. The molecule has 2 aromatic rings. The van der Waals surface area contributed by atoms with Crippen molar-refractivity contribution >= 4 is 29.9 Å². The van der Waals surface area contributed by atoms with Crippen LogP contribution in [0.5, 0.6) is 0 Å². The number of nitrogens with one attached hydrogen (secondary N) is 2. The van der Waals surface area contributed by atoms with Crippen molar-refractivity contribution in [3.05, 3.63) is 71.5 Å². The molecule has 0 bridgehead atoms. The molecule has 13 nitrogen and oxygen atoms in total. The molecule has 284 valence electrons. The Morgan fingerprint density at radius 2 is 1.56 bits per heavy atom. The van der Waals surface area contributed by atoms with Crippen LogP contribution in [0.15, 0.2) is 54.6 Å². The molecule has 5 amide bonds. The highest BCUT2D eigenvalue weighted by Crippen LogP contribution is 2.36. The smallest absolute Gasteiger partial charge is 0.410 e. The van der Waals surface area contributed by atoms with Crippen LogP contribution in [0.3, 0.4) is 0 Å². The monoisotopic (exact) mass is 725 g/mol. The Morgan fingerprint density at radius 1 is 0.923 bits per heavy atom. The van der Waals surface area contributed by atoms with Crippen LogP contribution >= 0.6 is 0 Å². The minimum atomic E-state index is -0.994. The number of halogens is 1. The average molecular weight is 726 g/mol. The average Bonchev–Trinajstić information content (AvgIpc) is 3.67. The van der Waals surface area contributed by atoms with Gasteiger partial charge in [0, 0.05) is 20.1 Å². The van der Waals surface area contributed by atoms with E-state index in [4.69, 9.17) is 14.2 Å². The molecule has 0 saturated carbocycles. The van der Waals surface area contributed by atoms with E-state index in [0.29, 0.717) is 12.0 Å². The van der Waals surface area contributed by atoms with E-state index in [0.717, 1.165) is 5.56 Å². The molecule has 14 heteroatoms. The van der Waals surface area contributed by atoms with Gasteiger partial charge < -0.3 is 34.6 Å². The number of nitrogens with zero attached hydrogens (tertiary/aromatic N) is 3. The fraction of sp³-hybridized carbons (Fsp3) is 0.553. The first kappa shape index (κ1) is 40.1. The maximum atomic E-state index is 14.5. The van der Waals surface area contributed by atoms with Crippen LogP contribution in [0.2, 0.25) is 0 Å². The molecular formula is C38H52FN5O8. The lowest BCUT2D eigenvalue weighted by Gasteiger charge is -2.37. The van der Waals surface area contributed by atoms with E-state index in [2.05, 4.69) is 10.6 Å². The van der Waals surface area contributed by atoms with Crippen molar-refractivity contribution in [1.82, 2.24) is 25.3 Å². The zero-order valence-corrected chi connectivity index (χ0v) is 31.3. The van der Waals surface area contributed by atoms with Gasteiger partial charge in [-0.1, -0.05) is 63.2 Å². The minimum absolute atomic E-state index is 0.0416. The van der Waals surface area contributed by atoms with Gasteiger partial charge in [0.15, 0.2) is 0 Å². The van der Waals surface area contributed by atoms with E-state index in [1.807, 2.05) is 51.1 Å². The summed E-state index contributed by atoms with van der Waals surface area (Å²) in [7, 11) is 1.46. The molecule has 2 fully saturated rings. The Labute approximate surface area is 305 Å². The number of likely N-dealkylation sites (N-methyl/N-ethyl adjacent to an activating group) is 1. The highest BCUT2D eigenvalue weighted by atomic mass is 19.1. The standard InChI is InChI=1S/C38H52FN5O8/c1-24(42(8)36(49)51-23-25-12-10-9-11-13-25)33(46)41-32(37(2,3)4)34(47)43-19-18-28-31(43)29(50-22-26-14-16-27(39)17-15-26)21-44(28)30(45)20-40-35(48)52-38(5,6)7/h9-17,24,28-29,31-32H,18-23H2,1-8H3,(H,40,48)(H,41,46). The summed E-state index contributed by atoms with van der Waals surface area (Å²) in [5.74, 6) is -1.64. The summed E-state index contributed by atoms with van der Waals surface area (Å²) in [4.78, 5) is 71.1. The molecule has 2 aromatic carbocycles. The van der Waals surface area contributed by atoms with Crippen molar-refractivity contribution in [2.45, 2.75) is 104 Å². The normalized spacial score (nSPS) is 19.7. The number of likely N-dealkylation sites (tertiary alicyclic amines) is 2. The lowest BCUT2D eigenvalue weighted by molar-refractivity contribution is -0.143. The van der Waals surface area contributed by atoms with Gasteiger partial charge in [-0.3, -0.25) is 19.3 Å². The number of carbonyl (C=O) groups is 5. The second kappa shape index (κ2) is 16.7. The Hall–Kier alpha value is -4.72. The summed E-state index contributed by atoms with van der Waals surface area (Å²) >= 11 is 0. The van der Waals surface area contributed by atoms with E-state index < -0.39 is 59.4 Å². The van der Waals surface area contributed by atoms with Crippen molar-refractivity contribution in [3.63, 3.8) is 0 Å². The number of benzene rings is 2. The molecule has 5 unspecified atom stereocenters. The Morgan fingerprint density at radius 3 is 2.17 bits per heavy atom. The number of hydrogen-bond acceptors (Lipinski definition) is 8. The maximum Gasteiger partial charge on any atom is 0.410 e. The van der Waals surface area contributed by atoms with Gasteiger partial charge in [0.25, 0.3) is 0 Å². The molecule has 2 N–H and O–H groups in total. The van der Waals surface area contributed by atoms with E-state index in [1.54, 1.807) is 49.6 Å². The number of rotatable bonds is 11. The lowest BCUT2D eigenvalue weighted by atomic mass is 9.85. The third-order valence-electron chi connectivity index (χ3n) is 9.19. The largest absolute Gasteiger partial charge is 0.445 e. The summed E-state index contributed by atoms with van der Waals surface area (Å²) in [6, 6.07) is 12.1. The molecule has 2 aliphatic heterocycles. The quantitative estimate of drug-likeness (QED) is 0.350. The topological polar surface area (TPSA) is 147 Å². The summed E-state index contributed by atoms with van der Waals surface area (Å²) in [6.45, 7) is 12.5. The molecule has 4 rings (SSSR count). The third kappa shape index (κ3) is 10.4. The number of ether oxygens (including phenoxy) is 3. The molecule has 52 heavy (non-hydrogen) atoms. The third-order valence-corrected chi connectivity index (χ3v) is 9.19. The van der Waals surface area contributed by atoms with Crippen molar-refractivity contribution in [2.75, 3.05) is 26.7 Å². The van der Waals surface area contributed by atoms with Gasteiger partial charge in [-0.2, -0.15) is 0 Å². The van der Waals surface area contributed by atoms with Gasteiger partial charge in [-0.05, 0) is 62.8 Å². The fourth-order valence-electron chi connectivity index (χ4n) is 6.30. The Balaban J connectivity index is 1.49. The van der Waals surface area contributed by atoms with Gasteiger partial charge in [-0.25, -0.2) is 14.0 Å². The van der Waals surface area contributed by atoms with Crippen molar-refractivity contribution in [1.29, 1.82) is 0 Å². The highest BCUT2D eigenvalue weighted by molar-refractivity contribution is 5.92. The number of alkyl carbamates (subject to hydrolysis) is 1. The van der Waals surface area contributed by atoms with Crippen LogP contribution in [0.1, 0.15) is 66.0 Å². The second-order valence-corrected chi connectivity index (χ2v) is 15.4. The van der Waals surface area contributed by atoms with E-state index in [-0.39, 0.29) is 50.5 Å². The number of fused-ring (bicyclic) bond motifs is 1. The van der Waals surface area contributed by atoms with E-state index >= 15 is 0 Å². The number of amides is 5. The zero-order valence-electron chi connectivity index (χ0n) is 31.3. The van der Waals surface area contributed by atoms with E-state index in [9.17, 15) is 28.4 Å². The van der Waals surface area contributed by atoms with Crippen LogP contribution in [0.25, 0.3) is 0 Å². The van der Waals surface area contributed by atoms with Crippen LogP contribution in [0.4, 0.5) is 14.0 Å². The first-order chi connectivity index (χ1) is 24.4. The molecule has 0 aliphatic carbocycles. The number of hydrogen-bond donors (Lipinski definition) is 2. The molecule has 0 spiro atoms. The molecule has 2 heterocycles. The van der Waals surface area contributed by atoms with Crippen LogP contribution in [-0.4, -0.2) is 107 Å². The highest BCUT2D eigenvalue weighted by Gasteiger charge is 2.54. The van der Waals surface area contributed by atoms with Gasteiger partial charge in [0.05, 0.1) is 24.8 Å². The SMILES string of the molecule is CC(C(=O)NC(C(=O)N1CCC2C1C(OCc1ccc(F)cc1)CN2C(=O)CNC(=O)OC(C)(C)C)C(C)(C)C)N(C)C(=O)OCc1ccccc1. The summed E-state index contributed by atoms with van der Waals surface area (Å²) < 4.78 is 30.6. The minimum Gasteiger partial charge on any atom is -0.445 e. The fourth-order valence-corrected chi connectivity index (χ4v) is 6.30. The van der Waals surface area contributed by atoms with Gasteiger partial charge in [-0.15, -0.1) is 0 Å². The first-order valence-electron chi connectivity index (χ1n) is 17.5. The van der Waals surface area contributed by atoms with Crippen molar-refractivity contribution in [2.24, 2.45) is 5.41 Å². The molecule has 2 saturated heterocycles. The lowest BCUT2D eigenvalue weighted by Crippen LogP contribution is -2.60. The van der Waals surface area contributed by atoms with Gasteiger partial charge >= 0.3 is 12.2 Å². The summed E-state index contributed by atoms with van der Waals surface area (Å²) in [6.07, 6.45) is -1.59. The first-order valence-corrected chi connectivity index (χ1v) is 17.5. The van der Waals surface area contributed by atoms with E-state index in [1.165, 1.54) is 24.1 Å². The Kier molecular flexibility index (Phi) is 12.9. The summed E-state index contributed by atoms with van der Waals surface area (Å²) in [5, 5.41) is 5.41.